The van der Waals surface area contributed by atoms with Crippen LogP contribution in [0, 0.1) is 0 Å². The molecule has 0 aliphatic heterocycles. The minimum absolute atomic E-state index is 0.160. The van der Waals surface area contributed by atoms with Crippen molar-refractivity contribution in [1.82, 2.24) is 4.98 Å². The van der Waals surface area contributed by atoms with E-state index in [0.717, 1.165) is 9.85 Å². The van der Waals surface area contributed by atoms with Gasteiger partial charge in [0.1, 0.15) is 10.8 Å². The first-order chi connectivity index (χ1) is 9.27. The summed E-state index contributed by atoms with van der Waals surface area (Å²) in [5, 5.41) is 0.526. The molecule has 0 saturated heterocycles. The van der Waals surface area contributed by atoms with Gasteiger partial charge >= 0.3 is 6.18 Å². The number of alkyl halides is 3. The van der Waals surface area contributed by atoms with Crippen molar-refractivity contribution in [3.8, 4) is 16.3 Å². The van der Waals surface area contributed by atoms with E-state index in [0.29, 0.717) is 10.6 Å². The molecule has 0 spiro atoms. The maximum absolute atomic E-state index is 13.1. The zero-order chi connectivity index (χ0) is 14.9. The number of halogens is 4. The summed E-state index contributed by atoms with van der Waals surface area (Å²) in [6, 6.07) is 3.99. The first-order valence-electron chi connectivity index (χ1n) is 5.77. The third-order valence-corrected chi connectivity index (χ3v) is 3.90. The van der Waals surface area contributed by atoms with Crippen molar-refractivity contribution < 1.29 is 17.9 Å². The van der Waals surface area contributed by atoms with Crippen LogP contribution in [0.3, 0.4) is 0 Å². The monoisotopic (exact) mass is 365 g/mol. The van der Waals surface area contributed by atoms with Crippen molar-refractivity contribution in [1.29, 1.82) is 0 Å². The van der Waals surface area contributed by atoms with Gasteiger partial charge in [0.2, 0.25) is 0 Å². The van der Waals surface area contributed by atoms with Gasteiger partial charge in [0.25, 0.3) is 0 Å². The topological polar surface area (TPSA) is 22.1 Å². The van der Waals surface area contributed by atoms with Gasteiger partial charge in [-0.3, -0.25) is 0 Å². The Morgan fingerprint density at radius 1 is 1.30 bits per heavy atom. The van der Waals surface area contributed by atoms with Crippen LogP contribution in [0.4, 0.5) is 13.2 Å². The molecule has 0 saturated carbocycles. The highest BCUT2D eigenvalue weighted by molar-refractivity contribution is 9.11. The molecule has 2 aromatic rings. The molecule has 20 heavy (non-hydrogen) atoms. The van der Waals surface area contributed by atoms with Gasteiger partial charge in [0, 0.05) is 5.56 Å². The fourth-order valence-corrected chi connectivity index (χ4v) is 2.83. The standard InChI is InChI=1S/C13H11BrF3NOS/c1-7(2)19-10-4-3-8(5-9(10)13(15,16)17)12-18-6-11(14)20-12/h3-7H,1-2H3. The van der Waals surface area contributed by atoms with Crippen molar-refractivity contribution in [2.24, 2.45) is 0 Å². The predicted octanol–water partition coefficient (Wildman–Crippen LogP) is 5.38. The SMILES string of the molecule is CC(C)Oc1ccc(-c2ncc(Br)s2)cc1C(F)(F)F. The number of aromatic nitrogens is 1. The van der Waals surface area contributed by atoms with Crippen molar-refractivity contribution in [2.45, 2.75) is 26.1 Å². The highest BCUT2D eigenvalue weighted by Gasteiger charge is 2.35. The van der Waals surface area contributed by atoms with Crippen LogP contribution in [0.2, 0.25) is 0 Å². The minimum Gasteiger partial charge on any atom is -0.490 e. The number of thiazole rings is 1. The van der Waals surface area contributed by atoms with E-state index in [1.54, 1.807) is 26.1 Å². The lowest BCUT2D eigenvalue weighted by Gasteiger charge is -2.16. The van der Waals surface area contributed by atoms with E-state index in [9.17, 15) is 13.2 Å². The summed E-state index contributed by atoms with van der Waals surface area (Å²) in [7, 11) is 0. The maximum Gasteiger partial charge on any atom is 0.419 e. The van der Waals surface area contributed by atoms with E-state index in [2.05, 4.69) is 20.9 Å². The van der Waals surface area contributed by atoms with Gasteiger partial charge in [-0.1, -0.05) is 0 Å². The molecule has 0 aliphatic rings. The average Bonchev–Trinajstić information content (AvgIpc) is 2.74. The Balaban J connectivity index is 2.48. The normalized spacial score (nSPS) is 11.9. The molecule has 0 unspecified atom stereocenters. The maximum atomic E-state index is 13.1. The summed E-state index contributed by atoms with van der Waals surface area (Å²) in [5.74, 6) is -0.160. The van der Waals surface area contributed by atoms with Gasteiger partial charge in [-0.2, -0.15) is 13.2 Å². The number of nitrogens with zero attached hydrogens (tertiary/aromatic N) is 1. The number of hydrogen-bond donors (Lipinski definition) is 0. The van der Waals surface area contributed by atoms with Crippen LogP contribution < -0.4 is 4.74 Å². The molecule has 0 radical (unpaired) electrons. The molecule has 0 amide bonds. The van der Waals surface area contributed by atoms with Crippen molar-refractivity contribution in [3.63, 3.8) is 0 Å². The van der Waals surface area contributed by atoms with Crippen LogP contribution in [0.25, 0.3) is 10.6 Å². The summed E-state index contributed by atoms with van der Waals surface area (Å²) in [5.41, 5.74) is -0.362. The lowest BCUT2D eigenvalue weighted by molar-refractivity contribution is -0.139. The van der Waals surface area contributed by atoms with Gasteiger partial charge in [0.05, 0.1) is 21.7 Å². The molecule has 2 rings (SSSR count). The minimum atomic E-state index is -4.46. The quantitative estimate of drug-likeness (QED) is 0.728. The van der Waals surface area contributed by atoms with Crippen molar-refractivity contribution in [2.75, 3.05) is 0 Å². The molecular formula is C13H11BrF3NOS. The largest absolute Gasteiger partial charge is 0.490 e. The molecule has 0 N–H and O–H groups in total. The molecule has 1 heterocycles. The third kappa shape index (κ3) is 3.52. The third-order valence-electron chi connectivity index (χ3n) is 2.37. The van der Waals surface area contributed by atoms with Gasteiger partial charge in [-0.15, -0.1) is 11.3 Å². The lowest BCUT2D eigenvalue weighted by Crippen LogP contribution is -2.13. The number of ether oxygens (including phenoxy) is 1. The Labute approximate surface area is 126 Å². The molecule has 0 aliphatic carbocycles. The number of rotatable bonds is 3. The van der Waals surface area contributed by atoms with E-state index in [1.165, 1.54) is 17.4 Å². The molecule has 2 nitrogen and oxygen atoms in total. The lowest BCUT2D eigenvalue weighted by atomic mass is 10.1. The van der Waals surface area contributed by atoms with Crippen LogP contribution in [-0.4, -0.2) is 11.1 Å². The summed E-state index contributed by atoms with van der Waals surface area (Å²) in [4.78, 5) is 4.06. The smallest absolute Gasteiger partial charge is 0.419 e. The first kappa shape index (κ1) is 15.3. The Hall–Kier alpha value is -1.08. The fraction of sp³-hybridized carbons (Fsp3) is 0.308. The molecule has 0 fully saturated rings. The summed E-state index contributed by atoms with van der Waals surface area (Å²) in [6.07, 6.45) is -3.23. The Kier molecular flexibility index (Phi) is 4.39. The Morgan fingerprint density at radius 2 is 2.00 bits per heavy atom. The molecule has 1 aromatic carbocycles. The van der Waals surface area contributed by atoms with Gasteiger partial charge in [0.15, 0.2) is 0 Å². The molecule has 7 heteroatoms. The van der Waals surface area contributed by atoms with Gasteiger partial charge in [-0.05, 0) is 48.0 Å². The molecule has 108 valence electrons. The van der Waals surface area contributed by atoms with Crippen LogP contribution in [0.5, 0.6) is 5.75 Å². The van der Waals surface area contributed by atoms with Crippen LogP contribution in [0.1, 0.15) is 19.4 Å². The van der Waals surface area contributed by atoms with E-state index in [4.69, 9.17) is 4.74 Å². The van der Waals surface area contributed by atoms with Crippen molar-refractivity contribution >= 4 is 27.3 Å². The van der Waals surface area contributed by atoms with Gasteiger partial charge in [-0.25, -0.2) is 4.98 Å². The van der Waals surface area contributed by atoms with Crippen LogP contribution >= 0.6 is 27.3 Å². The number of benzene rings is 1. The second-order valence-corrected chi connectivity index (χ2v) is 6.75. The molecule has 0 atom stereocenters. The Morgan fingerprint density at radius 3 is 2.50 bits per heavy atom. The first-order valence-corrected chi connectivity index (χ1v) is 7.38. The predicted molar refractivity (Wildman–Crippen MR) is 76.0 cm³/mol. The van der Waals surface area contributed by atoms with E-state index in [1.807, 2.05) is 0 Å². The second-order valence-electron chi connectivity index (χ2n) is 4.34. The number of hydrogen-bond acceptors (Lipinski definition) is 3. The zero-order valence-corrected chi connectivity index (χ0v) is 13.1. The van der Waals surface area contributed by atoms with Crippen LogP contribution in [0.15, 0.2) is 28.2 Å². The van der Waals surface area contributed by atoms with Crippen molar-refractivity contribution in [3.05, 3.63) is 33.7 Å². The van der Waals surface area contributed by atoms with E-state index in [-0.39, 0.29) is 11.9 Å². The fourth-order valence-electron chi connectivity index (χ4n) is 1.63. The van der Waals surface area contributed by atoms with Gasteiger partial charge < -0.3 is 4.74 Å². The highest BCUT2D eigenvalue weighted by Crippen LogP contribution is 2.40. The average molecular weight is 366 g/mol. The molecule has 0 bridgehead atoms. The Bertz CT molecular complexity index is 610. The molecular weight excluding hydrogens is 355 g/mol. The van der Waals surface area contributed by atoms with Crippen LogP contribution in [-0.2, 0) is 6.18 Å². The van der Waals surface area contributed by atoms with E-state index < -0.39 is 11.7 Å². The summed E-state index contributed by atoms with van der Waals surface area (Å²) >= 11 is 4.52. The molecule has 1 aromatic heterocycles. The second kappa shape index (κ2) is 5.73. The highest BCUT2D eigenvalue weighted by atomic mass is 79.9. The summed E-state index contributed by atoms with van der Waals surface area (Å²) < 4.78 is 45.3. The summed E-state index contributed by atoms with van der Waals surface area (Å²) in [6.45, 7) is 3.37. The zero-order valence-electron chi connectivity index (χ0n) is 10.7. The van der Waals surface area contributed by atoms with E-state index >= 15 is 0 Å².